The van der Waals surface area contributed by atoms with Gasteiger partial charge in [-0.15, -0.1) is 13.2 Å². The molecule has 0 amide bonds. The van der Waals surface area contributed by atoms with E-state index < -0.39 is 0 Å². The number of hydrogen-bond acceptors (Lipinski definition) is 2. The molecule has 0 atom stereocenters. The fraction of sp³-hybridized carbons (Fsp3) is 0.0870. The predicted octanol–water partition coefficient (Wildman–Crippen LogP) is 5.58. The zero-order valence-corrected chi connectivity index (χ0v) is 14.3. The Labute approximate surface area is 149 Å². The van der Waals surface area contributed by atoms with Crippen molar-refractivity contribution in [1.82, 2.24) is 4.98 Å². The molecule has 0 aliphatic heterocycles. The number of para-hydroxylation sites is 1. The van der Waals surface area contributed by atoms with E-state index in [2.05, 4.69) is 65.5 Å². The molecule has 0 unspecified atom stereocenters. The van der Waals surface area contributed by atoms with Crippen LogP contribution in [0.2, 0.25) is 0 Å². The van der Waals surface area contributed by atoms with E-state index in [4.69, 9.17) is 0 Å². The molecule has 25 heavy (non-hydrogen) atoms. The number of hydrogen-bond donors (Lipinski definition) is 0. The molecule has 2 nitrogen and oxygen atoms in total. The van der Waals surface area contributed by atoms with E-state index in [0.29, 0.717) is 0 Å². The lowest BCUT2D eigenvalue weighted by Crippen LogP contribution is -2.22. The van der Waals surface area contributed by atoms with Crippen LogP contribution in [0.4, 0.5) is 5.69 Å². The molecule has 0 saturated carbocycles. The van der Waals surface area contributed by atoms with E-state index in [9.17, 15) is 0 Å². The summed E-state index contributed by atoms with van der Waals surface area (Å²) in [5.41, 5.74) is 4.53. The predicted molar refractivity (Wildman–Crippen MR) is 110 cm³/mol. The van der Waals surface area contributed by atoms with Crippen molar-refractivity contribution in [1.29, 1.82) is 0 Å². The molecular formula is C23H22N2. The van der Waals surface area contributed by atoms with Gasteiger partial charge in [0.15, 0.2) is 0 Å². The SMILES string of the molecule is C=CCN(CC=C)c1ccc(/C=C/c2ccnc3ccccc23)cc1. The van der Waals surface area contributed by atoms with Gasteiger partial charge in [-0.05, 0) is 35.4 Å². The summed E-state index contributed by atoms with van der Waals surface area (Å²) >= 11 is 0. The largest absolute Gasteiger partial charge is 0.364 e. The van der Waals surface area contributed by atoms with Crippen LogP contribution in [0.1, 0.15) is 11.1 Å². The molecule has 0 spiro atoms. The zero-order valence-electron chi connectivity index (χ0n) is 14.3. The van der Waals surface area contributed by atoms with Crippen LogP contribution >= 0.6 is 0 Å². The minimum absolute atomic E-state index is 0.810. The monoisotopic (exact) mass is 326 g/mol. The van der Waals surface area contributed by atoms with Gasteiger partial charge in [-0.1, -0.05) is 54.6 Å². The lowest BCUT2D eigenvalue weighted by Gasteiger charge is -2.21. The summed E-state index contributed by atoms with van der Waals surface area (Å²) in [6.45, 7) is 9.26. The fourth-order valence-corrected chi connectivity index (χ4v) is 2.84. The van der Waals surface area contributed by atoms with Crippen LogP contribution in [0.25, 0.3) is 23.1 Å². The van der Waals surface area contributed by atoms with Gasteiger partial charge >= 0.3 is 0 Å². The second-order valence-corrected chi connectivity index (χ2v) is 5.82. The van der Waals surface area contributed by atoms with Crippen molar-refractivity contribution in [3.63, 3.8) is 0 Å². The average Bonchev–Trinajstić information content (AvgIpc) is 2.66. The van der Waals surface area contributed by atoms with Gasteiger partial charge in [0.1, 0.15) is 0 Å². The van der Waals surface area contributed by atoms with Crippen molar-refractivity contribution < 1.29 is 0 Å². The number of benzene rings is 2. The second-order valence-electron chi connectivity index (χ2n) is 5.82. The van der Waals surface area contributed by atoms with Crippen LogP contribution in [0.15, 0.2) is 86.1 Å². The Morgan fingerprint density at radius 1 is 0.840 bits per heavy atom. The third kappa shape index (κ3) is 4.04. The molecule has 3 rings (SSSR count). The maximum atomic E-state index is 4.41. The van der Waals surface area contributed by atoms with E-state index in [0.717, 1.165) is 18.6 Å². The first-order chi connectivity index (χ1) is 12.3. The number of anilines is 1. The van der Waals surface area contributed by atoms with Gasteiger partial charge in [0.2, 0.25) is 0 Å². The van der Waals surface area contributed by atoms with E-state index in [1.807, 2.05) is 42.6 Å². The molecular weight excluding hydrogens is 304 g/mol. The molecule has 1 heterocycles. The highest BCUT2D eigenvalue weighted by molar-refractivity contribution is 5.90. The summed E-state index contributed by atoms with van der Waals surface area (Å²) in [5.74, 6) is 0. The molecule has 2 heteroatoms. The van der Waals surface area contributed by atoms with Crippen molar-refractivity contribution in [3.8, 4) is 0 Å². The maximum Gasteiger partial charge on any atom is 0.0707 e. The van der Waals surface area contributed by atoms with Gasteiger partial charge in [0.05, 0.1) is 5.52 Å². The van der Waals surface area contributed by atoms with Gasteiger partial charge in [-0.3, -0.25) is 4.98 Å². The van der Waals surface area contributed by atoms with Gasteiger partial charge in [0, 0.05) is 30.4 Å². The van der Waals surface area contributed by atoms with Crippen molar-refractivity contribution in [2.75, 3.05) is 18.0 Å². The third-order valence-electron chi connectivity index (χ3n) is 4.10. The van der Waals surface area contributed by atoms with E-state index in [1.54, 1.807) is 0 Å². The number of aromatic nitrogens is 1. The molecule has 0 bridgehead atoms. The number of rotatable bonds is 7. The molecule has 0 radical (unpaired) electrons. The maximum absolute atomic E-state index is 4.41. The van der Waals surface area contributed by atoms with Crippen LogP contribution in [0.5, 0.6) is 0 Å². The van der Waals surface area contributed by atoms with Crippen LogP contribution in [-0.2, 0) is 0 Å². The summed E-state index contributed by atoms with van der Waals surface area (Å²) in [5, 5.41) is 1.17. The Balaban J connectivity index is 1.82. The summed E-state index contributed by atoms with van der Waals surface area (Å²) in [6, 6.07) is 18.8. The van der Waals surface area contributed by atoms with Crippen molar-refractivity contribution in [3.05, 3.63) is 97.2 Å². The number of pyridine rings is 1. The molecule has 0 aliphatic rings. The van der Waals surface area contributed by atoms with Gasteiger partial charge < -0.3 is 4.90 Å². The Kier molecular flexibility index (Phi) is 5.43. The van der Waals surface area contributed by atoms with Crippen molar-refractivity contribution in [2.24, 2.45) is 0 Å². The fourth-order valence-electron chi connectivity index (χ4n) is 2.84. The molecule has 124 valence electrons. The highest BCUT2D eigenvalue weighted by atomic mass is 15.1. The molecule has 1 aromatic heterocycles. The minimum atomic E-state index is 0.810. The van der Waals surface area contributed by atoms with Gasteiger partial charge in [0.25, 0.3) is 0 Å². The minimum Gasteiger partial charge on any atom is -0.364 e. The Morgan fingerprint density at radius 3 is 2.28 bits per heavy atom. The molecule has 0 aliphatic carbocycles. The molecule has 3 aromatic rings. The Bertz CT molecular complexity index is 876. The van der Waals surface area contributed by atoms with Gasteiger partial charge in [-0.25, -0.2) is 0 Å². The molecule has 2 aromatic carbocycles. The van der Waals surface area contributed by atoms with Crippen molar-refractivity contribution in [2.45, 2.75) is 0 Å². The molecule has 0 fully saturated rings. The quantitative estimate of drug-likeness (QED) is 0.527. The van der Waals surface area contributed by atoms with E-state index >= 15 is 0 Å². The topological polar surface area (TPSA) is 16.1 Å². The Morgan fingerprint density at radius 2 is 1.56 bits per heavy atom. The highest BCUT2D eigenvalue weighted by Gasteiger charge is 2.02. The first kappa shape index (κ1) is 16.7. The highest BCUT2D eigenvalue weighted by Crippen LogP contribution is 2.20. The second kappa shape index (κ2) is 8.11. The summed E-state index contributed by atoms with van der Waals surface area (Å²) in [7, 11) is 0. The lowest BCUT2D eigenvalue weighted by atomic mass is 10.1. The van der Waals surface area contributed by atoms with Crippen LogP contribution in [0, 0.1) is 0 Å². The first-order valence-electron chi connectivity index (χ1n) is 8.40. The van der Waals surface area contributed by atoms with E-state index in [1.165, 1.54) is 22.2 Å². The first-order valence-corrected chi connectivity index (χ1v) is 8.40. The Hall–Kier alpha value is -3.13. The third-order valence-corrected chi connectivity index (χ3v) is 4.10. The molecule has 0 N–H and O–H groups in total. The number of nitrogens with zero attached hydrogens (tertiary/aromatic N) is 2. The standard InChI is InChI=1S/C23H22N2/c1-3-17-25(18-4-2)21-13-10-19(11-14-21)9-12-20-15-16-24-23-8-6-5-7-22(20)23/h3-16H,1-2,17-18H2/b12-9+. The summed E-state index contributed by atoms with van der Waals surface area (Å²) in [4.78, 5) is 6.63. The summed E-state index contributed by atoms with van der Waals surface area (Å²) < 4.78 is 0. The number of fused-ring (bicyclic) bond motifs is 1. The van der Waals surface area contributed by atoms with E-state index in [-0.39, 0.29) is 0 Å². The normalized spacial score (nSPS) is 10.9. The van der Waals surface area contributed by atoms with Crippen molar-refractivity contribution >= 4 is 28.7 Å². The van der Waals surface area contributed by atoms with Crippen LogP contribution in [-0.4, -0.2) is 18.1 Å². The van der Waals surface area contributed by atoms with Crippen LogP contribution < -0.4 is 4.90 Å². The average molecular weight is 326 g/mol. The lowest BCUT2D eigenvalue weighted by molar-refractivity contribution is 0.957. The smallest absolute Gasteiger partial charge is 0.0707 e. The molecule has 0 saturated heterocycles. The zero-order chi connectivity index (χ0) is 17.5. The summed E-state index contributed by atoms with van der Waals surface area (Å²) in [6.07, 6.45) is 9.95. The van der Waals surface area contributed by atoms with Gasteiger partial charge in [-0.2, -0.15) is 0 Å². The van der Waals surface area contributed by atoms with Crippen LogP contribution in [0.3, 0.4) is 0 Å².